The molecule has 0 aliphatic carbocycles. The molecule has 4 nitrogen and oxygen atoms in total. The second-order valence-corrected chi connectivity index (χ2v) is 5.52. The van der Waals surface area contributed by atoms with E-state index in [1.54, 1.807) is 11.9 Å². The number of hydrogen-bond donors (Lipinski definition) is 1. The predicted octanol–water partition coefficient (Wildman–Crippen LogP) is 1.65. The van der Waals surface area contributed by atoms with Gasteiger partial charge in [0.2, 0.25) is 0 Å². The van der Waals surface area contributed by atoms with Gasteiger partial charge in [0, 0.05) is 30.1 Å². The van der Waals surface area contributed by atoms with Crippen molar-refractivity contribution in [2.24, 2.45) is 0 Å². The first-order valence-corrected chi connectivity index (χ1v) is 6.74. The Balaban J connectivity index is 1.87. The highest BCUT2D eigenvalue weighted by atomic mass is 32.1. The van der Waals surface area contributed by atoms with Crippen molar-refractivity contribution in [1.82, 2.24) is 14.8 Å². The third-order valence-electron chi connectivity index (χ3n) is 4.15. The minimum Gasteiger partial charge on any atom is -0.357 e. The molecule has 5 heteroatoms. The van der Waals surface area contributed by atoms with Gasteiger partial charge in [0.05, 0.1) is 6.54 Å². The minimum absolute atomic E-state index is 0.112. The molecule has 1 aromatic carbocycles. The van der Waals surface area contributed by atoms with Crippen LogP contribution in [0.1, 0.15) is 11.3 Å². The van der Waals surface area contributed by atoms with Crippen molar-refractivity contribution < 1.29 is 4.79 Å². The second kappa shape index (κ2) is 3.57. The Morgan fingerprint density at radius 2 is 2.16 bits per heavy atom. The van der Waals surface area contributed by atoms with E-state index in [1.165, 1.54) is 16.6 Å². The van der Waals surface area contributed by atoms with Crippen LogP contribution in [0.25, 0.3) is 10.9 Å². The molecular weight excluding hydrogens is 258 g/mol. The van der Waals surface area contributed by atoms with Crippen LogP contribution in [0.4, 0.5) is 0 Å². The van der Waals surface area contributed by atoms with Crippen molar-refractivity contribution in [3.05, 3.63) is 35.5 Å². The average molecular weight is 271 g/mol. The van der Waals surface area contributed by atoms with Crippen LogP contribution < -0.4 is 0 Å². The topological polar surface area (TPSA) is 39.3 Å². The molecule has 1 saturated heterocycles. The highest BCUT2D eigenvalue weighted by molar-refractivity contribution is 7.80. The second-order valence-electron chi connectivity index (χ2n) is 5.16. The number of nitrogens with one attached hydrogen (secondary N) is 1. The third-order valence-corrected chi connectivity index (χ3v) is 4.66. The standard InChI is InChI=1S/C14H13N3OS/c1-16-13(18)12-6-9-8-4-2-3-5-10(8)15-11(9)7-17(12)14(16)19/h2-5,12,15H,6-7H2,1H3. The summed E-state index contributed by atoms with van der Waals surface area (Å²) in [5, 5.41) is 1.87. The molecule has 2 aliphatic rings. The predicted molar refractivity (Wildman–Crippen MR) is 76.7 cm³/mol. The first-order chi connectivity index (χ1) is 9.16. The Labute approximate surface area is 116 Å². The van der Waals surface area contributed by atoms with Gasteiger partial charge in [-0.25, -0.2) is 0 Å². The number of fused-ring (bicyclic) bond motifs is 4. The monoisotopic (exact) mass is 271 g/mol. The zero-order valence-corrected chi connectivity index (χ0v) is 11.3. The maximum Gasteiger partial charge on any atom is 0.251 e. The fraction of sp³-hybridized carbons (Fsp3) is 0.286. The molecule has 0 bridgehead atoms. The lowest BCUT2D eigenvalue weighted by atomic mass is 9.97. The molecule has 2 aromatic rings. The van der Waals surface area contributed by atoms with Gasteiger partial charge in [0.15, 0.2) is 5.11 Å². The number of carbonyl (C=O) groups is 1. The number of rotatable bonds is 0. The Morgan fingerprint density at radius 3 is 3.00 bits per heavy atom. The lowest BCUT2D eigenvalue weighted by Gasteiger charge is -2.28. The number of carbonyl (C=O) groups excluding carboxylic acids is 1. The van der Waals surface area contributed by atoms with Crippen molar-refractivity contribution in [2.75, 3.05) is 7.05 Å². The fourth-order valence-corrected chi connectivity index (χ4v) is 3.42. The molecule has 2 aliphatic heterocycles. The number of thiocarbonyl (C=S) groups is 1. The molecule has 1 atom stereocenters. The summed E-state index contributed by atoms with van der Waals surface area (Å²) in [7, 11) is 1.76. The molecule has 3 heterocycles. The Hall–Kier alpha value is -1.88. The van der Waals surface area contributed by atoms with Crippen molar-refractivity contribution in [3.8, 4) is 0 Å². The van der Waals surface area contributed by atoms with Gasteiger partial charge in [0.1, 0.15) is 6.04 Å². The van der Waals surface area contributed by atoms with Gasteiger partial charge in [-0.05, 0) is 23.8 Å². The molecule has 1 unspecified atom stereocenters. The molecule has 96 valence electrons. The highest BCUT2D eigenvalue weighted by Gasteiger charge is 2.43. The molecule has 1 fully saturated rings. The SMILES string of the molecule is CN1C(=O)C2Cc3c([nH]c4ccccc34)CN2C1=S. The first-order valence-electron chi connectivity index (χ1n) is 6.33. The Kier molecular flexibility index (Phi) is 2.07. The van der Waals surface area contributed by atoms with Gasteiger partial charge in [-0.1, -0.05) is 18.2 Å². The molecule has 1 aromatic heterocycles. The molecule has 0 saturated carbocycles. The lowest BCUT2D eigenvalue weighted by molar-refractivity contribution is -0.127. The van der Waals surface area contributed by atoms with Crippen LogP contribution in [0.15, 0.2) is 24.3 Å². The van der Waals surface area contributed by atoms with Crippen LogP contribution in [0.5, 0.6) is 0 Å². The molecule has 1 amide bonds. The lowest BCUT2D eigenvalue weighted by Crippen LogP contribution is -2.39. The summed E-state index contributed by atoms with van der Waals surface area (Å²) >= 11 is 5.34. The molecule has 0 spiro atoms. The van der Waals surface area contributed by atoms with Crippen molar-refractivity contribution >= 4 is 34.1 Å². The Bertz CT molecular complexity index is 721. The van der Waals surface area contributed by atoms with E-state index < -0.39 is 0 Å². The van der Waals surface area contributed by atoms with Crippen LogP contribution >= 0.6 is 12.2 Å². The number of aromatic amines is 1. The van der Waals surface area contributed by atoms with Gasteiger partial charge in [0.25, 0.3) is 5.91 Å². The minimum atomic E-state index is -0.121. The summed E-state index contributed by atoms with van der Waals surface area (Å²) < 4.78 is 0. The molecule has 1 N–H and O–H groups in total. The quantitative estimate of drug-likeness (QED) is 0.741. The maximum absolute atomic E-state index is 12.2. The van der Waals surface area contributed by atoms with Crippen molar-refractivity contribution in [3.63, 3.8) is 0 Å². The van der Waals surface area contributed by atoms with Crippen molar-refractivity contribution in [2.45, 2.75) is 19.0 Å². The number of likely N-dealkylation sites (N-methyl/N-ethyl adjacent to an activating group) is 1. The van der Waals surface area contributed by atoms with E-state index in [1.807, 2.05) is 17.0 Å². The number of nitrogens with zero attached hydrogens (tertiary/aromatic N) is 2. The zero-order chi connectivity index (χ0) is 13.1. The van der Waals surface area contributed by atoms with E-state index in [4.69, 9.17) is 12.2 Å². The summed E-state index contributed by atoms with van der Waals surface area (Å²) in [5.41, 5.74) is 3.59. The number of aromatic nitrogens is 1. The van der Waals surface area contributed by atoms with E-state index in [9.17, 15) is 4.79 Å². The van der Waals surface area contributed by atoms with Crippen LogP contribution in [0.3, 0.4) is 0 Å². The summed E-state index contributed by atoms with van der Waals surface area (Å²) in [6.07, 6.45) is 0.739. The maximum atomic E-state index is 12.2. The van der Waals surface area contributed by atoms with Gasteiger partial charge in [-0.3, -0.25) is 9.69 Å². The van der Waals surface area contributed by atoms with E-state index >= 15 is 0 Å². The van der Waals surface area contributed by atoms with Gasteiger partial charge < -0.3 is 9.88 Å². The summed E-state index contributed by atoms with van der Waals surface area (Å²) in [6, 6.07) is 8.13. The summed E-state index contributed by atoms with van der Waals surface area (Å²) in [6.45, 7) is 0.698. The number of para-hydroxylation sites is 1. The Morgan fingerprint density at radius 1 is 1.37 bits per heavy atom. The number of benzene rings is 1. The van der Waals surface area contributed by atoms with Gasteiger partial charge in [-0.15, -0.1) is 0 Å². The van der Waals surface area contributed by atoms with Crippen LogP contribution in [0, 0.1) is 0 Å². The van der Waals surface area contributed by atoms with Gasteiger partial charge >= 0.3 is 0 Å². The molecule has 4 rings (SSSR count). The first kappa shape index (κ1) is 11.0. The molecule has 0 radical (unpaired) electrons. The smallest absolute Gasteiger partial charge is 0.251 e. The zero-order valence-electron chi connectivity index (χ0n) is 10.5. The number of hydrogen-bond acceptors (Lipinski definition) is 2. The van der Waals surface area contributed by atoms with Crippen LogP contribution in [-0.4, -0.2) is 38.9 Å². The van der Waals surface area contributed by atoms with E-state index in [0.29, 0.717) is 11.7 Å². The average Bonchev–Trinajstić information content (AvgIpc) is 2.89. The summed E-state index contributed by atoms with van der Waals surface area (Å²) in [5.74, 6) is 0.112. The molecule has 19 heavy (non-hydrogen) atoms. The molecular formula is C14H13N3OS. The van der Waals surface area contributed by atoms with E-state index in [-0.39, 0.29) is 11.9 Å². The van der Waals surface area contributed by atoms with Crippen molar-refractivity contribution in [1.29, 1.82) is 0 Å². The van der Waals surface area contributed by atoms with E-state index in [0.717, 1.165) is 11.9 Å². The summed E-state index contributed by atoms with van der Waals surface area (Å²) in [4.78, 5) is 19.3. The number of amides is 1. The fourth-order valence-electron chi connectivity index (χ4n) is 3.14. The largest absolute Gasteiger partial charge is 0.357 e. The van der Waals surface area contributed by atoms with Crippen LogP contribution in [0.2, 0.25) is 0 Å². The number of H-pyrrole nitrogens is 1. The highest BCUT2D eigenvalue weighted by Crippen LogP contribution is 2.33. The van der Waals surface area contributed by atoms with Crippen LogP contribution in [-0.2, 0) is 17.8 Å². The van der Waals surface area contributed by atoms with Gasteiger partial charge in [-0.2, -0.15) is 0 Å². The normalized spacial score (nSPS) is 22.1. The third kappa shape index (κ3) is 1.33. The van der Waals surface area contributed by atoms with E-state index in [2.05, 4.69) is 17.1 Å².